The van der Waals surface area contributed by atoms with Gasteiger partial charge in [0.15, 0.2) is 0 Å². The van der Waals surface area contributed by atoms with Crippen LogP contribution in [-0.2, 0) is 0 Å². The van der Waals surface area contributed by atoms with Crippen LogP contribution in [0.4, 0.5) is 0 Å². The molecule has 2 nitrogen and oxygen atoms in total. The lowest BCUT2D eigenvalue weighted by molar-refractivity contribution is 0.962. The molecule has 0 heterocycles. The molecule has 0 amide bonds. The van der Waals surface area contributed by atoms with Crippen molar-refractivity contribution in [1.29, 1.82) is 5.53 Å². The zero-order valence-electron chi connectivity index (χ0n) is 2.74. The van der Waals surface area contributed by atoms with Crippen LogP contribution in [0.1, 0.15) is 0 Å². The van der Waals surface area contributed by atoms with Gasteiger partial charge < -0.3 is 0 Å². The Morgan fingerprint density at radius 1 is 1.80 bits per heavy atom. The number of rotatable bonds is 2. The summed E-state index contributed by atoms with van der Waals surface area (Å²) in [5.41, 5.74) is 6.20. The summed E-state index contributed by atoms with van der Waals surface area (Å²) in [6.45, 7) is 0.597. The SMILES string of the molecule is N=NCCBr. The van der Waals surface area contributed by atoms with Crippen LogP contribution in [0, 0.1) is 5.53 Å². The van der Waals surface area contributed by atoms with Gasteiger partial charge in [-0.05, 0) is 0 Å². The van der Waals surface area contributed by atoms with Gasteiger partial charge >= 0.3 is 0 Å². The van der Waals surface area contributed by atoms with Gasteiger partial charge in [0.25, 0.3) is 0 Å². The van der Waals surface area contributed by atoms with Crippen molar-refractivity contribution in [3.63, 3.8) is 0 Å². The van der Waals surface area contributed by atoms with Gasteiger partial charge in [-0.2, -0.15) is 5.11 Å². The van der Waals surface area contributed by atoms with Crippen LogP contribution < -0.4 is 0 Å². The first-order chi connectivity index (χ1) is 2.41. The van der Waals surface area contributed by atoms with Gasteiger partial charge in [-0.1, -0.05) is 15.9 Å². The van der Waals surface area contributed by atoms with Crippen molar-refractivity contribution in [3.8, 4) is 0 Å². The Hall–Kier alpha value is 0.0800. The van der Waals surface area contributed by atoms with Crippen molar-refractivity contribution >= 4 is 15.9 Å². The highest BCUT2D eigenvalue weighted by Gasteiger charge is 1.65. The van der Waals surface area contributed by atoms with Crippen LogP contribution in [0.3, 0.4) is 0 Å². The molecule has 5 heavy (non-hydrogen) atoms. The number of alkyl halides is 1. The van der Waals surface area contributed by atoms with Gasteiger partial charge in [-0.15, -0.1) is 0 Å². The van der Waals surface area contributed by atoms with Crippen molar-refractivity contribution in [1.82, 2.24) is 0 Å². The summed E-state index contributed by atoms with van der Waals surface area (Å²) in [6, 6.07) is 0. The molecular formula is C2H5BrN2. The Labute approximate surface area is 39.2 Å². The summed E-state index contributed by atoms with van der Waals surface area (Å²) in [5.74, 6) is 0. The van der Waals surface area contributed by atoms with E-state index in [-0.39, 0.29) is 0 Å². The van der Waals surface area contributed by atoms with E-state index in [4.69, 9.17) is 5.53 Å². The second-order valence-corrected chi connectivity index (χ2v) is 1.36. The van der Waals surface area contributed by atoms with E-state index in [9.17, 15) is 0 Å². The topological polar surface area (TPSA) is 36.2 Å². The lowest BCUT2D eigenvalue weighted by atomic mass is 10.8. The zero-order chi connectivity index (χ0) is 4.12. The number of hydrogen-bond acceptors (Lipinski definition) is 2. The Morgan fingerprint density at radius 2 is 2.40 bits per heavy atom. The standard InChI is InChI=1S/C2H5BrN2/c3-1-2-5-4/h4H,1-2H2. The van der Waals surface area contributed by atoms with Gasteiger partial charge in [0.2, 0.25) is 0 Å². The summed E-state index contributed by atoms with van der Waals surface area (Å²) < 4.78 is 0. The van der Waals surface area contributed by atoms with Crippen LogP contribution in [0.15, 0.2) is 5.11 Å². The van der Waals surface area contributed by atoms with E-state index in [1.807, 2.05) is 0 Å². The van der Waals surface area contributed by atoms with Crippen LogP contribution in [-0.4, -0.2) is 11.9 Å². The minimum absolute atomic E-state index is 0.597. The third kappa shape index (κ3) is 4.08. The van der Waals surface area contributed by atoms with E-state index < -0.39 is 0 Å². The first kappa shape index (κ1) is 5.08. The summed E-state index contributed by atoms with van der Waals surface area (Å²) in [5, 5.41) is 3.86. The summed E-state index contributed by atoms with van der Waals surface area (Å²) in [7, 11) is 0. The Kier molecular flexibility index (Phi) is 4.15. The largest absolute Gasteiger partial charge is 0.210 e. The van der Waals surface area contributed by atoms with Crippen LogP contribution in [0.25, 0.3) is 0 Å². The maximum atomic E-state index is 6.20. The Balaban J connectivity index is 2.40. The Bertz CT molecular complexity index is 28.8. The molecule has 0 bridgehead atoms. The van der Waals surface area contributed by atoms with Crippen molar-refractivity contribution in [2.24, 2.45) is 5.11 Å². The van der Waals surface area contributed by atoms with Crippen molar-refractivity contribution in [2.45, 2.75) is 0 Å². The third-order valence-corrected chi connectivity index (χ3v) is 0.551. The molecule has 0 fully saturated rings. The fourth-order valence-corrected chi connectivity index (χ4v) is 0.220. The monoisotopic (exact) mass is 136 g/mol. The second-order valence-electron chi connectivity index (χ2n) is 0.571. The third-order valence-electron chi connectivity index (χ3n) is 0.196. The molecule has 0 aliphatic heterocycles. The van der Waals surface area contributed by atoms with Crippen molar-refractivity contribution in [3.05, 3.63) is 0 Å². The maximum Gasteiger partial charge on any atom is 0.0693 e. The van der Waals surface area contributed by atoms with Gasteiger partial charge in [0, 0.05) is 5.33 Å². The highest BCUT2D eigenvalue weighted by atomic mass is 79.9. The molecular weight excluding hydrogens is 132 g/mol. The average molecular weight is 137 g/mol. The lowest BCUT2D eigenvalue weighted by Crippen LogP contribution is -1.71. The summed E-state index contributed by atoms with van der Waals surface area (Å²) in [4.78, 5) is 0. The second kappa shape index (κ2) is 4.08. The molecule has 1 N–H and O–H groups in total. The molecule has 0 spiro atoms. The molecule has 0 aliphatic rings. The van der Waals surface area contributed by atoms with E-state index in [0.717, 1.165) is 5.33 Å². The quantitative estimate of drug-likeness (QED) is 0.441. The molecule has 0 aromatic rings. The molecule has 0 aliphatic carbocycles. The number of nitrogens with one attached hydrogen (secondary N) is 1. The van der Waals surface area contributed by atoms with Crippen molar-refractivity contribution < 1.29 is 0 Å². The first-order valence-electron chi connectivity index (χ1n) is 1.31. The number of halogens is 1. The van der Waals surface area contributed by atoms with Crippen molar-refractivity contribution in [2.75, 3.05) is 11.9 Å². The molecule has 0 radical (unpaired) electrons. The molecule has 0 aromatic heterocycles. The van der Waals surface area contributed by atoms with Gasteiger partial charge in [-0.3, -0.25) is 0 Å². The molecule has 30 valence electrons. The normalized spacial score (nSPS) is 7.40. The molecule has 0 saturated heterocycles. The van der Waals surface area contributed by atoms with E-state index in [2.05, 4.69) is 21.0 Å². The summed E-state index contributed by atoms with van der Waals surface area (Å²) in [6.07, 6.45) is 0. The van der Waals surface area contributed by atoms with E-state index in [1.54, 1.807) is 0 Å². The lowest BCUT2D eigenvalue weighted by Gasteiger charge is -1.70. The molecule has 3 heteroatoms. The summed E-state index contributed by atoms with van der Waals surface area (Å²) >= 11 is 3.10. The average Bonchev–Trinajstić information content (AvgIpc) is 1.41. The molecule has 0 rings (SSSR count). The fourth-order valence-electron chi connectivity index (χ4n) is 0.0423. The first-order valence-corrected chi connectivity index (χ1v) is 2.43. The predicted molar refractivity (Wildman–Crippen MR) is 23.8 cm³/mol. The maximum absolute atomic E-state index is 6.20. The molecule has 0 saturated carbocycles. The van der Waals surface area contributed by atoms with Gasteiger partial charge in [-0.25, -0.2) is 5.53 Å². The number of nitrogens with zero attached hydrogens (tertiary/aromatic N) is 1. The fraction of sp³-hybridized carbons (Fsp3) is 1.00. The highest BCUT2D eigenvalue weighted by Crippen LogP contribution is 1.76. The molecule has 0 aromatic carbocycles. The minimum atomic E-state index is 0.597. The predicted octanol–water partition coefficient (Wildman–Crippen LogP) is 1.41. The van der Waals surface area contributed by atoms with Crippen LogP contribution >= 0.6 is 15.9 Å². The number of hydrogen-bond donors (Lipinski definition) is 1. The van der Waals surface area contributed by atoms with E-state index in [1.165, 1.54) is 0 Å². The van der Waals surface area contributed by atoms with Gasteiger partial charge in [0.1, 0.15) is 0 Å². The molecule has 0 unspecified atom stereocenters. The van der Waals surface area contributed by atoms with Crippen LogP contribution in [0.2, 0.25) is 0 Å². The highest BCUT2D eigenvalue weighted by molar-refractivity contribution is 9.09. The van der Waals surface area contributed by atoms with E-state index >= 15 is 0 Å². The van der Waals surface area contributed by atoms with Gasteiger partial charge in [0.05, 0.1) is 6.54 Å². The van der Waals surface area contributed by atoms with E-state index in [0.29, 0.717) is 6.54 Å². The van der Waals surface area contributed by atoms with Crippen LogP contribution in [0.5, 0.6) is 0 Å². The Morgan fingerprint density at radius 3 is 2.40 bits per heavy atom. The zero-order valence-corrected chi connectivity index (χ0v) is 4.33. The smallest absolute Gasteiger partial charge is 0.0693 e. The molecule has 0 atom stereocenters. The minimum Gasteiger partial charge on any atom is -0.210 e.